The lowest BCUT2D eigenvalue weighted by Gasteiger charge is -2.12. The Bertz CT molecular complexity index is 1110. The molecule has 0 aliphatic rings. The van der Waals surface area contributed by atoms with E-state index >= 15 is 0 Å². The number of aryl methyl sites for hydroxylation is 2. The van der Waals surface area contributed by atoms with Crippen LogP contribution in [0.4, 0.5) is 10.5 Å². The summed E-state index contributed by atoms with van der Waals surface area (Å²) in [6, 6.07) is 10.1. The second kappa shape index (κ2) is 10.4. The van der Waals surface area contributed by atoms with Crippen LogP contribution in [0.2, 0.25) is 0 Å². The summed E-state index contributed by atoms with van der Waals surface area (Å²) < 4.78 is 33.0. The van der Waals surface area contributed by atoms with E-state index in [0.29, 0.717) is 11.3 Å². The van der Waals surface area contributed by atoms with E-state index in [4.69, 9.17) is 4.74 Å². The van der Waals surface area contributed by atoms with Crippen molar-refractivity contribution in [3.8, 4) is 0 Å². The van der Waals surface area contributed by atoms with Gasteiger partial charge in [-0.2, -0.15) is 0 Å². The van der Waals surface area contributed by atoms with Crippen LogP contribution in [0.15, 0.2) is 60.0 Å². The molecule has 0 bridgehead atoms. The minimum atomic E-state index is -3.97. The van der Waals surface area contributed by atoms with Crippen molar-refractivity contribution in [1.82, 2.24) is 10.6 Å². The maximum atomic E-state index is 12.8. The molecule has 2 aromatic rings. The number of hydrogen-bond donors (Lipinski definition) is 3. The third kappa shape index (κ3) is 6.96. The van der Waals surface area contributed by atoms with Gasteiger partial charge >= 0.3 is 12.0 Å². The van der Waals surface area contributed by atoms with Gasteiger partial charge in [0.15, 0.2) is 6.61 Å². The van der Waals surface area contributed by atoms with Crippen LogP contribution < -0.4 is 15.4 Å². The first-order chi connectivity index (χ1) is 14.6. The van der Waals surface area contributed by atoms with Gasteiger partial charge in [0, 0.05) is 12.2 Å². The topological polar surface area (TPSA) is 131 Å². The lowest BCUT2D eigenvalue weighted by molar-refractivity contribution is -0.123. The first-order valence-electron chi connectivity index (χ1n) is 9.18. The van der Waals surface area contributed by atoms with E-state index in [-0.39, 0.29) is 17.0 Å². The Balaban J connectivity index is 2.09. The molecule has 0 radical (unpaired) electrons. The zero-order chi connectivity index (χ0) is 23.0. The van der Waals surface area contributed by atoms with Crippen LogP contribution in [0.1, 0.15) is 21.5 Å². The van der Waals surface area contributed by atoms with Gasteiger partial charge in [-0.05, 0) is 49.2 Å². The van der Waals surface area contributed by atoms with Crippen molar-refractivity contribution < 1.29 is 27.5 Å². The largest absolute Gasteiger partial charge is 0.452 e. The van der Waals surface area contributed by atoms with Crippen LogP contribution in [0.5, 0.6) is 0 Å². The molecule has 0 heterocycles. The molecule has 9 nitrogen and oxygen atoms in total. The van der Waals surface area contributed by atoms with Crippen LogP contribution >= 0.6 is 0 Å². The van der Waals surface area contributed by atoms with Gasteiger partial charge in [-0.1, -0.05) is 24.3 Å². The lowest BCUT2D eigenvalue weighted by Crippen LogP contribution is -2.41. The summed E-state index contributed by atoms with van der Waals surface area (Å²) in [4.78, 5) is 35.2. The third-order valence-electron chi connectivity index (χ3n) is 3.98. The first kappa shape index (κ1) is 23.6. The zero-order valence-corrected chi connectivity index (χ0v) is 17.9. The van der Waals surface area contributed by atoms with Crippen molar-refractivity contribution in [2.75, 3.05) is 17.9 Å². The third-order valence-corrected chi connectivity index (χ3v) is 5.50. The molecule has 164 valence electrons. The smallest absolute Gasteiger partial charge is 0.338 e. The molecular weight excluding hydrogens is 422 g/mol. The molecular formula is C21H23N3O6S. The van der Waals surface area contributed by atoms with E-state index in [1.54, 1.807) is 25.1 Å². The van der Waals surface area contributed by atoms with Gasteiger partial charge in [0.1, 0.15) is 0 Å². The molecule has 0 unspecified atom stereocenters. The molecule has 0 aromatic heterocycles. The van der Waals surface area contributed by atoms with Crippen molar-refractivity contribution in [1.29, 1.82) is 0 Å². The average molecular weight is 445 g/mol. The second-order valence-corrected chi connectivity index (χ2v) is 8.23. The molecule has 3 amide bonds. The molecule has 0 saturated heterocycles. The van der Waals surface area contributed by atoms with Crippen LogP contribution in [0.25, 0.3) is 0 Å². The van der Waals surface area contributed by atoms with Gasteiger partial charge in [-0.3, -0.25) is 14.8 Å². The Morgan fingerprint density at radius 3 is 2.52 bits per heavy atom. The van der Waals surface area contributed by atoms with Crippen molar-refractivity contribution in [2.24, 2.45) is 0 Å². The number of hydrogen-bond acceptors (Lipinski definition) is 6. The quantitative estimate of drug-likeness (QED) is 0.422. The van der Waals surface area contributed by atoms with Gasteiger partial charge < -0.3 is 10.1 Å². The maximum Gasteiger partial charge on any atom is 0.338 e. The summed E-state index contributed by atoms with van der Waals surface area (Å²) in [5, 5.41) is 4.31. The summed E-state index contributed by atoms with van der Waals surface area (Å²) in [6.07, 6.45) is 1.43. The number of ether oxygens (including phenoxy) is 1. The fourth-order valence-corrected chi connectivity index (χ4v) is 3.84. The average Bonchev–Trinajstić information content (AvgIpc) is 2.70. The number of urea groups is 1. The monoisotopic (exact) mass is 445 g/mol. The van der Waals surface area contributed by atoms with E-state index in [2.05, 4.69) is 16.6 Å². The Hall–Kier alpha value is -3.66. The number of nitrogens with one attached hydrogen (secondary N) is 3. The summed E-state index contributed by atoms with van der Waals surface area (Å²) in [6.45, 7) is 6.30. The normalized spacial score (nSPS) is 10.6. The number of benzene rings is 2. The molecule has 0 atom stereocenters. The van der Waals surface area contributed by atoms with Gasteiger partial charge in [-0.15, -0.1) is 6.58 Å². The molecule has 0 aliphatic heterocycles. The standard InChI is InChI=1S/C21H23N3O6S/c1-4-10-22-21(27)23-19(25)13-30-20(26)16-9-8-15(3)18(12-16)31(28,29)24-17-7-5-6-14(2)11-17/h4-9,11-12,24H,1,10,13H2,2-3H3,(H2,22,23,25,27). The highest BCUT2D eigenvalue weighted by Gasteiger charge is 2.20. The molecule has 0 fully saturated rings. The van der Waals surface area contributed by atoms with E-state index in [0.717, 1.165) is 5.56 Å². The van der Waals surface area contributed by atoms with Crippen LogP contribution in [0, 0.1) is 13.8 Å². The first-order valence-corrected chi connectivity index (χ1v) is 10.7. The van der Waals surface area contributed by atoms with Gasteiger partial charge in [0.2, 0.25) is 0 Å². The minimum Gasteiger partial charge on any atom is -0.452 e. The van der Waals surface area contributed by atoms with Gasteiger partial charge in [0.05, 0.1) is 10.5 Å². The van der Waals surface area contributed by atoms with Crippen LogP contribution in [-0.2, 0) is 19.6 Å². The van der Waals surface area contributed by atoms with Crippen molar-refractivity contribution in [2.45, 2.75) is 18.7 Å². The molecule has 0 saturated carbocycles. The van der Waals surface area contributed by atoms with E-state index < -0.39 is 34.5 Å². The van der Waals surface area contributed by atoms with E-state index in [1.165, 1.54) is 24.3 Å². The number of carbonyl (C=O) groups is 3. The summed E-state index contributed by atoms with van der Waals surface area (Å²) >= 11 is 0. The molecule has 3 N–H and O–H groups in total. The summed E-state index contributed by atoms with van der Waals surface area (Å²) in [5.41, 5.74) is 1.64. The predicted molar refractivity (Wildman–Crippen MR) is 115 cm³/mol. The predicted octanol–water partition coefficient (Wildman–Crippen LogP) is 2.27. The van der Waals surface area contributed by atoms with Crippen molar-refractivity contribution >= 4 is 33.6 Å². The molecule has 0 aliphatic carbocycles. The number of imide groups is 1. The number of amides is 3. The summed E-state index contributed by atoms with van der Waals surface area (Å²) in [7, 11) is -3.97. The Morgan fingerprint density at radius 1 is 1.10 bits per heavy atom. The van der Waals surface area contributed by atoms with Crippen molar-refractivity contribution in [3.05, 3.63) is 71.8 Å². The Labute approximate surface area is 180 Å². The Kier molecular flexibility index (Phi) is 7.92. The number of carbonyl (C=O) groups excluding carboxylic acids is 3. The summed E-state index contributed by atoms with van der Waals surface area (Å²) in [5.74, 6) is -1.75. The SMILES string of the molecule is C=CCNC(=O)NC(=O)COC(=O)c1ccc(C)c(S(=O)(=O)Nc2cccc(C)c2)c1. The fraction of sp³-hybridized carbons (Fsp3) is 0.190. The van der Waals surface area contributed by atoms with Crippen LogP contribution in [0.3, 0.4) is 0 Å². The van der Waals surface area contributed by atoms with Crippen molar-refractivity contribution in [3.63, 3.8) is 0 Å². The van der Waals surface area contributed by atoms with Gasteiger partial charge in [0.25, 0.3) is 15.9 Å². The highest BCUT2D eigenvalue weighted by Crippen LogP contribution is 2.21. The number of sulfonamides is 1. The van der Waals surface area contributed by atoms with E-state index in [9.17, 15) is 22.8 Å². The molecule has 2 aromatic carbocycles. The second-order valence-electron chi connectivity index (χ2n) is 6.58. The Morgan fingerprint density at radius 2 is 1.84 bits per heavy atom. The fourth-order valence-electron chi connectivity index (χ4n) is 2.52. The molecule has 31 heavy (non-hydrogen) atoms. The van der Waals surface area contributed by atoms with E-state index in [1.807, 2.05) is 18.3 Å². The number of rotatable bonds is 8. The maximum absolute atomic E-state index is 12.8. The van der Waals surface area contributed by atoms with Crippen LogP contribution in [-0.4, -0.2) is 39.5 Å². The molecule has 2 rings (SSSR count). The highest BCUT2D eigenvalue weighted by molar-refractivity contribution is 7.92. The highest BCUT2D eigenvalue weighted by atomic mass is 32.2. The lowest BCUT2D eigenvalue weighted by atomic mass is 10.1. The zero-order valence-electron chi connectivity index (χ0n) is 17.1. The molecule has 0 spiro atoms. The number of anilines is 1. The molecule has 10 heteroatoms. The number of esters is 1. The minimum absolute atomic E-state index is 0.0564. The van der Waals surface area contributed by atoms with Gasteiger partial charge in [-0.25, -0.2) is 18.0 Å².